The molecule has 1 saturated heterocycles. The molecular formula is C18H23FN4O. The molecule has 0 unspecified atom stereocenters. The molecule has 1 atom stereocenters. The number of amides is 1. The first kappa shape index (κ1) is 16.6. The summed E-state index contributed by atoms with van der Waals surface area (Å²) in [5, 5.41) is 0. The van der Waals surface area contributed by atoms with E-state index in [0.29, 0.717) is 18.7 Å². The minimum absolute atomic E-state index is 0.154. The van der Waals surface area contributed by atoms with Gasteiger partial charge in [-0.3, -0.25) is 9.78 Å². The fourth-order valence-corrected chi connectivity index (χ4v) is 3.28. The monoisotopic (exact) mass is 330 g/mol. The van der Waals surface area contributed by atoms with Crippen molar-refractivity contribution < 1.29 is 9.18 Å². The molecule has 0 aromatic carbocycles. The number of nitrogens with zero attached hydrogens (tertiary/aromatic N) is 4. The van der Waals surface area contributed by atoms with Crippen LogP contribution >= 0.6 is 0 Å². The number of halogens is 1. The highest BCUT2D eigenvalue weighted by Gasteiger charge is 2.28. The molecule has 2 aromatic rings. The smallest absolute Gasteiger partial charge is 0.255 e. The van der Waals surface area contributed by atoms with E-state index in [1.165, 1.54) is 12.3 Å². The van der Waals surface area contributed by atoms with Gasteiger partial charge in [-0.2, -0.15) is 0 Å². The average molecular weight is 330 g/mol. The van der Waals surface area contributed by atoms with Crippen LogP contribution in [0.3, 0.4) is 0 Å². The van der Waals surface area contributed by atoms with E-state index < -0.39 is 5.82 Å². The molecular weight excluding hydrogens is 307 g/mol. The molecule has 0 bridgehead atoms. The lowest BCUT2D eigenvalue weighted by atomic mass is 9.96. The van der Waals surface area contributed by atoms with Crippen LogP contribution in [0, 0.1) is 5.82 Å². The zero-order valence-corrected chi connectivity index (χ0v) is 14.0. The van der Waals surface area contributed by atoms with Crippen molar-refractivity contribution in [2.75, 3.05) is 13.1 Å². The first-order chi connectivity index (χ1) is 11.7. The van der Waals surface area contributed by atoms with Crippen molar-refractivity contribution in [3.05, 3.63) is 48.1 Å². The summed E-state index contributed by atoms with van der Waals surface area (Å²) in [4.78, 5) is 22.7. The zero-order valence-electron chi connectivity index (χ0n) is 14.0. The Morgan fingerprint density at radius 3 is 3.08 bits per heavy atom. The third kappa shape index (κ3) is 3.63. The first-order valence-corrected chi connectivity index (χ1v) is 8.60. The van der Waals surface area contributed by atoms with Crippen LogP contribution in [0.15, 0.2) is 30.9 Å². The van der Waals surface area contributed by atoms with E-state index in [-0.39, 0.29) is 11.8 Å². The number of hydrogen-bond donors (Lipinski definition) is 0. The predicted molar refractivity (Wildman–Crippen MR) is 89.2 cm³/mol. The summed E-state index contributed by atoms with van der Waals surface area (Å²) in [6.45, 7) is 4.45. The Balaban J connectivity index is 1.73. The largest absolute Gasteiger partial charge is 0.338 e. The fourth-order valence-electron chi connectivity index (χ4n) is 3.28. The van der Waals surface area contributed by atoms with Gasteiger partial charge in [-0.25, -0.2) is 9.37 Å². The summed E-state index contributed by atoms with van der Waals surface area (Å²) in [7, 11) is 0. The van der Waals surface area contributed by atoms with Gasteiger partial charge >= 0.3 is 0 Å². The Kier molecular flexibility index (Phi) is 5.23. The minimum atomic E-state index is -0.482. The number of aromatic nitrogens is 3. The Hall–Kier alpha value is -2.24. The number of pyridine rings is 1. The summed E-state index contributed by atoms with van der Waals surface area (Å²) in [6, 6.07) is 1.25. The maximum Gasteiger partial charge on any atom is 0.255 e. The number of carbonyl (C=O) groups excluding carboxylic acids is 1. The van der Waals surface area contributed by atoms with Crippen LogP contribution in [0.2, 0.25) is 0 Å². The van der Waals surface area contributed by atoms with Crippen LogP contribution in [0.25, 0.3) is 0 Å². The first-order valence-electron chi connectivity index (χ1n) is 8.60. The Bertz CT molecular complexity index is 700. The molecule has 3 heterocycles. The topological polar surface area (TPSA) is 51.0 Å². The maximum absolute atomic E-state index is 13.3. The van der Waals surface area contributed by atoms with Gasteiger partial charge < -0.3 is 9.47 Å². The molecule has 3 rings (SSSR count). The Morgan fingerprint density at radius 1 is 1.42 bits per heavy atom. The van der Waals surface area contributed by atoms with E-state index in [2.05, 4.69) is 21.5 Å². The molecule has 1 aliphatic heterocycles. The summed E-state index contributed by atoms with van der Waals surface area (Å²) in [5.74, 6) is 0.650. The second-order valence-corrected chi connectivity index (χ2v) is 6.31. The molecule has 1 aliphatic rings. The van der Waals surface area contributed by atoms with Gasteiger partial charge in [0.15, 0.2) is 0 Å². The van der Waals surface area contributed by atoms with Gasteiger partial charge in [-0.05, 0) is 25.3 Å². The van der Waals surface area contributed by atoms with Gasteiger partial charge in [-0.15, -0.1) is 0 Å². The molecule has 6 heteroatoms. The van der Waals surface area contributed by atoms with Crippen molar-refractivity contribution in [1.29, 1.82) is 0 Å². The minimum Gasteiger partial charge on any atom is -0.338 e. The summed E-state index contributed by atoms with van der Waals surface area (Å²) in [5.41, 5.74) is 0.310. The zero-order chi connectivity index (χ0) is 16.9. The number of rotatable bonds is 5. The van der Waals surface area contributed by atoms with Crippen LogP contribution in [-0.4, -0.2) is 38.4 Å². The molecule has 0 spiro atoms. The lowest BCUT2D eigenvalue weighted by molar-refractivity contribution is 0.0702. The van der Waals surface area contributed by atoms with E-state index in [9.17, 15) is 9.18 Å². The molecule has 5 nitrogen and oxygen atoms in total. The van der Waals surface area contributed by atoms with E-state index in [1.54, 1.807) is 4.90 Å². The number of aryl methyl sites for hydroxylation is 1. The molecule has 24 heavy (non-hydrogen) atoms. The van der Waals surface area contributed by atoms with E-state index in [4.69, 9.17) is 0 Å². The third-order valence-corrected chi connectivity index (χ3v) is 4.53. The standard InChI is InChI=1S/C18H23FN4O/c1-2-3-7-22-9-6-21-17(22)14-5-4-8-23(13-14)18(24)15-10-16(19)12-20-11-15/h6,9-12,14H,2-5,7-8,13H2,1H3/t14-/m1/s1. The third-order valence-electron chi connectivity index (χ3n) is 4.53. The predicted octanol–water partition coefficient (Wildman–Crippen LogP) is 3.24. The molecule has 0 radical (unpaired) electrons. The molecule has 0 saturated carbocycles. The van der Waals surface area contributed by atoms with Crippen LogP contribution in [0.1, 0.15) is 54.7 Å². The number of hydrogen-bond acceptors (Lipinski definition) is 3. The molecule has 128 valence electrons. The normalized spacial score (nSPS) is 17.9. The number of piperidine rings is 1. The number of imidazole rings is 1. The number of unbranched alkanes of at least 4 members (excludes halogenated alkanes) is 1. The van der Waals surface area contributed by atoms with E-state index >= 15 is 0 Å². The van der Waals surface area contributed by atoms with Gasteiger partial charge in [-0.1, -0.05) is 13.3 Å². The van der Waals surface area contributed by atoms with E-state index in [1.807, 2.05) is 12.4 Å². The van der Waals surface area contributed by atoms with Crippen LogP contribution in [0.4, 0.5) is 4.39 Å². The van der Waals surface area contributed by atoms with Gasteiger partial charge in [0.25, 0.3) is 5.91 Å². The van der Waals surface area contributed by atoms with Gasteiger partial charge in [0.1, 0.15) is 11.6 Å². The van der Waals surface area contributed by atoms with Crippen molar-refractivity contribution in [3.8, 4) is 0 Å². The summed E-state index contributed by atoms with van der Waals surface area (Å²) >= 11 is 0. The highest BCUT2D eigenvalue weighted by Crippen LogP contribution is 2.27. The highest BCUT2D eigenvalue weighted by atomic mass is 19.1. The summed E-state index contributed by atoms with van der Waals surface area (Å²) in [6.07, 6.45) is 10.6. The van der Waals surface area contributed by atoms with Gasteiger partial charge in [0.05, 0.1) is 11.8 Å². The Labute approximate surface area is 141 Å². The maximum atomic E-state index is 13.3. The quantitative estimate of drug-likeness (QED) is 0.846. The molecule has 0 aliphatic carbocycles. The Morgan fingerprint density at radius 2 is 2.29 bits per heavy atom. The van der Waals surface area contributed by atoms with Crippen molar-refractivity contribution in [2.45, 2.75) is 45.1 Å². The highest BCUT2D eigenvalue weighted by molar-refractivity contribution is 5.94. The number of likely N-dealkylation sites (tertiary alicyclic amines) is 1. The van der Waals surface area contributed by atoms with Crippen molar-refractivity contribution in [3.63, 3.8) is 0 Å². The van der Waals surface area contributed by atoms with Gasteiger partial charge in [0, 0.05) is 44.1 Å². The van der Waals surface area contributed by atoms with E-state index in [0.717, 1.165) is 44.2 Å². The molecule has 0 N–H and O–H groups in total. The van der Waals surface area contributed by atoms with Crippen LogP contribution in [-0.2, 0) is 6.54 Å². The van der Waals surface area contributed by atoms with Crippen molar-refractivity contribution in [2.24, 2.45) is 0 Å². The lowest BCUT2D eigenvalue weighted by Gasteiger charge is -2.32. The van der Waals surface area contributed by atoms with Crippen molar-refractivity contribution >= 4 is 5.91 Å². The molecule has 1 amide bonds. The van der Waals surface area contributed by atoms with Crippen molar-refractivity contribution in [1.82, 2.24) is 19.4 Å². The second kappa shape index (κ2) is 7.55. The second-order valence-electron chi connectivity index (χ2n) is 6.31. The lowest BCUT2D eigenvalue weighted by Crippen LogP contribution is -2.39. The number of carbonyl (C=O) groups is 1. The molecule has 1 fully saturated rings. The fraction of sp³-hybridized carbons (Fsp3) is 0.500. The average Bonchev–Trinajstić information content (AvgIpc) is 3.08. The van der Waals surface area contributed by atoms with Gasteiger partial charge in [0.2, 0.25) is 0 Å². The SMILES string of the molecule is CCCCn1ccnc1[C@@H]1CCCN(C(=O)c2cncc(F)c2)C1. The van der Waals surface area contributed by atoms with Crippen LogP contribution < -0.4 is 0 Å². The molecule has 2 aromatic heterocycles. The summed E-state index contributed by atoms with van der Waals surface area (Å²) < 4.78 is 15.5. The van der Waals surface area contributed by atoms with Crippen LogP contribution in [0.5, 0.6) is 0 Å².